The molecule has 35 heavy (non-hydrogen) atoms. The van der Waals surface area contributed by atoms with Crippen molar-refractivity contribution in [2.75, 3.05) is 6.54 Å². The number of nitrogens with zero attached hydrogens (tertiary/aromatic N) is 1. The molecule has 0 fully saturated rings. The third kappa shape index (κ3) is 6.95. The molecule has 0 bridgehead atoms. The van der Waals surface area contributed by atoms with Crippen molar-refractivity contribution in [3.05, 3.63) is 83.8 Å². The van der Waals surface area contributed by atoms with Crippen LogP contribution in [0.5, 0.6) is 5.75 Å². The standard InChI is InChI=1S/C26H29NO7S/c1-18(2)16-27(25(28)23-9-7-15-32-23)17-20-11-13-21(14-12-20)34-35(30,31)24-10-6-5-8-22(24)26(29)33-19(3)4/h5-15,18-19H,16-17H2,1-4H3. The first-order valence-corrected chi connectivity index (χ1v) is 12.6. The van der Waals surface area contributed by atoms with Crippen molar-refractivity contribution >= 4 is 22.0 Å². The van der Waals surface area contributed by atoms with Crippen LogP contribution in [0, 0.1) is 5.92 Å². The van der Waals surface area contributed by atoms with Crippen molar-refractivity contribution in [3.8, 4) is 5.75 Å². The minimum atomic E-state index is -4.30. The highest BCUT2D eigenvalue weighted by Gasteiger charge is 2.26. The zero-order chi connectivity index (χ0) is 25.6. The summed E-state index contributed by atoms with van der Waals surface area (Å²) in [6, 6.07) is 15.4. The molecule has 0 saturated heterocycles. The molecule has 0 radical (unpaired) electrons. The maximum atomic E-state index is 12.9. The van der Waals surface area contributed by atoms with Crippen LogP contribution in [-0.4, -0.2) is 37.8 Å². The Balaban J connectivity index is 1.77. The van der Waals surface area contributed by atoms with Crippen LogP contribution < -0.4 is 4.18 Å². The second-order valence-electron chi connectivity index (χ2n) is 8.69. The van der Waals surface area contributed by atoms with Crippen LogP contribution in [0.1, 0.15) is 54.2 Å². The van der Waals surface area contributed by atoms with Crippen molar-refractivity contribution in [3.63, 3.8) is 0 Å². The average Bonchev–Trinajstić information content (AvgIpc) is 3.33. The van der Waals surface area contributed by atoms with E-state index in [1.165, 1.54) is 36.6 Å². The molecule has 8 nitrogen and oxygen atoms in total. The van der Waals surface area contributed by atoms with E-state index >= 15 is 0 Å². The van der Waals surface area contributed by atoms with Crippen LogP contribution in [0.25, 0.3) is 0 Å². The molecule has 1 heterocycles. The molecule has 3 rings (SSSR count). The van der Waals surface area contributed by atoms with Crippen molar-refractivity contribution in [2.24, 2.45) is 5.92 Å². The Morgan fingerprint density at radius 2 is 1.63 bits per heavy atom. The summed E-state index contributed by atoms with van der Waals surface area (Å²) in [7, 11) is -4.30. The number of hydrogen-bond donors (Lipinski definition) is 0. The van der Waals surface area contributed by atoms with Crippen molar-refractivity contribution < 1.29 is 31.3 Å². The average molecular weight is 500 g/mol. The smallest absolute Gasteiger partial charge is 0.340 e. The van der Waals surface area contributed by atoms with Gasteiger partial charge in [0.15, 0.2) is 5.76 Å². The Labute approximate surface area is 205 Å². The molecule has 0 spiro atoms. The van der Waals surface area contributed by atoms with E-state index in [1.807, 2.05) is 13.8 Å². The van der Waals surface area contributed by atoms with Gasteiger partial charge in [-0.3, -0.25) is 4.79 Å². The molecular formula is C26H29NO7S. The van der Waals surface area contributed by atoms with Gasteiger partial charge >= 0.3 is 16.1 Å². The van der Waals surface area contributed by atoms with E-state index in [0.29, 0.717) is 13.1 Å². The van der Waals surface area contributed by atoms with E-state index in [1.54, 1.807) is 49.1 Å². The predicted molar refractivity (Wildman–Crippen MR) is 130 cm³/mol. The molecule has 0 unspecified atom stereocenters. The molecule has 0 aliphatic carbocycles. The van der Waals surface area contributed by atoms with E-state index in [9.17, 15) is 18.0 Å². The molecular weight excluding hydrogens is 470 g/mol. The Morgan fingerprint density at radius 3 is 2.23 bits per heavy atom. The number of carbonyl (C=O) groups is 2. The van der Waals surface area contributed by atoms with Crippen LogP contribution in [0.2, 0.25) is 0 Å². The number of rotatable bonds is 10. The summed E-state index contributed by atoms with van der Waals surface area (Å²) in [5.41, 5.74) is 0.690. The number of esters is 1. The first-order chi connectivity index (χ1) is 16.6. The van der Waals surface area contributed by atoms with Gasteiger partial charge in [-0.15, -0.1) is 0 Å². The normalized spacial score (nSPS) is 11.5. The second-order valence-corrected chi connectivity index (χ2v) is 10.2. The lowest BCUT2D eigenvalue weighted by molar-refractivity contribution is 0.0372. The molecule has 186 valence electrons. The van der Waals surface area contributed by atoms with Crippen molar-refractivity contribution in [1.82, 2.24) is 4.90 Å². The minimum Gasteiger partial charge on any atom is -0.459 e. The SMILES string of the molecule is CC(C)CN(Cc1ccc(OS(=O)(=O)c2ccccc2C(=O)OC(C)C)cc1)C(=O)c1ccco1. The zero-order valence-electron chi connectivity index (χ0n) is 20.1. The summed E-state index contributed by atoms with van der Waals surface area (Å²) in [5.74, 6) is -0.398. The lowest BCUT2D eigenvalue weighted by atomic mass is 10.1. The molecule has 0 aliphatic heterocycles. The topological polar surface area (TPSA) is 103 Å². The largest absolute Gasteiger partial charge is 0.459 e. The van der Waals surface area contributed by atoms with Gasteiger partial charge in [0.25, 0.3) is 5.91 Å². The van der Waals surface area contributed by atoms with Crippen molar-refractivity contribution in [1.29, 1.82) is 0 Å². The second kappa shape index (κ2) is 11.2. The number of hydrogen-bond acceptors (Lipinski definition) is 7. The maximum absolute atomic E-state index is 12.9. The minimum absolute atomic E-state index is 0.0774. The Hall–Kier alpha value is -3.59. The molecule has 1 amide bonds. The van der Waals surface area contributed by atoms with E-state index in [0.717, 1.165) is 5.56 Å². The fraction of sp³-hybridized carbons (Fsp3) is 0.308. The fourth-order valence-corrected chi connectivity index (χ4v) is 4.51. The summed E-state index contributed by atoms with van der Waals surface area (Å²) in [6.07, 6.45) is 1.05. The van der Waals surface area contributed by atoms with Crippen LogP contribution >= 0.6 is 0 Å². The lowest BCUT2D eigenvalue weighted by Gasteiger charge is -2.24. The van der Waals surface area contributed by atoms with E-state index in [2.05, 4.69) is 0 Å². The summed E-state index contributed by atoms with van der Waals surface area (Å²) in [5, 5.41) is 0. The van der Waals surface area contributed by atoms with E-state index in [-0.39, 0.29) is 33.8 Å². The Morgan fingerprint density at radius 1 is 0.943 bits per heavy atom. The molecule has 0 N–H and O–H groups in total. The molecule has 2 aromatic carbocycles. The molecule has 0 aliphatic rings. The first kappa shape index (κ1) is 26.0. The monoisotopic (exact) mass is 499 g/mol. The maximum Gasteiger partial charge on any atom is 0.340 e. The van der Waals surface area contributed by atoms with Crippen LogP contribution in [0.15, 0.2) is 76.2 Å². The van der Waals surface area contributed by atoms with Gasteiger partial charge in [-0.2, -0.15) is 8.42 Å². The summed E-state index contributed by atoms with van der Waals surface area (Å²) >= 11 is 0. The highest BCUT2D eigenvalue weighted by Crippen LogP contribution is 2.24. The summed E-state index contributed by atoms with van der Waals surface area (Å²) in [4.78, 5) is 26.6. The number of benzene rings is 2. The molecule has 1 aromatic heterocycles. The quantitative estimate of drug-likeness (QED) is 0.288. The van der Waals surface area contributed by atoms with Gasteiger partial charge in [-0.25, -0.2) is 4.79 Å². The highest BCUT2D eigenvalue weighted by atomic mass is 32.2. The van der Waals surface area contributed by atoms with Gasteiger partial charge in [0, 0.05) is 13.1 Å². The molecule has 3 aromatic rings. The lowest BCUT2D eigenvalue weighted by Crippen LogP contribution is -2.33. The first-order valence-electron chi connectivity index (χ1n) is 11.2. The van der Waals surface area contributed by atoms with Gasteiger partial charge in [-0.05, 0) is 61.7 Å². The van der Waals surface area contributed by atoms with Gasteiger partial charge in [0.2, 0.25) is 0 Å². The molecule has 0 saturated carbocycles. The Kier molecular flexibility index (Phi) is 8.34. The van der Waals surface area contributed by atoms with Gasteiger partial charge < -0.3 is 18.2 Å². The number of amides is 1. The van der Waals surface area contributed by atoms with Crippen LogP contribution in [-0.2, 0) is 21.4 Å². The summed E-state index contributed by atoms with van der Waals surface area (Å²) in [6.45, 7) is 8.22. The van der Waals surface area contributed by atoms with Crippen molar-refractivity contribution in [2.45, 2.75) is 45.2 Å². The number of furan rings is 1. The zero-order valence-corrected chi connectivity index (χ0v) is 20.9. The Bertz CT molecular complexity index is 1250. The highest BCUT2D eigenvalue weighted by molar-refractivity contribution is 7.87. The molecule has 9 heteroatoms. The number of carbonyl (C=O) groups excluding carboxylic acids is 2. The fourth-order valence-electron chi connectivity index (χ4n) is 3.39. The third-order valence-electron chi connectivity index (χ3n) is 4.83. The van der Waals surface area contributed by atoms with Gasteiger partial charge in [0.1, 0.15) is 10.6 Å². The summed E-state index contributed by atoms with van der Waals surface area (Å²) < 4.78 is 41.5. The van der Waals surface area contributed by atoms with Crippen LogP contribution in [0.3, 0.4) is 0 Å². The number of ether oxygens (including phenoxy) is 1. The molecule has 0 atom stereocenters. The van der Waals surface area contributed by atoms with Gasteiger partial charge in [0.05, 0.1) is 17.9 Å². The third-order valence-corrected chi connectivity index (χ3v) is 6.13. The predicted octanol–water partition coefficient (Wildman–Crippen LogP) is 4.91. The van der Waals surface area contributed by atoms with Crippen LogP contribution in [0.4, 0.5) is 0 Å². The van der Waals surface area contributed by atoms with E-state index < -0.39 is 22.2 Å². The van der Waals surface area contributed by atoms with Gasteiger partial charge in [-0.1, -0.05) is 38.1 Å². The van der Waals surface area contributed by atoms with E-state index in [4.69, 9.17) is 13.3 Å².